The van der Waals surface area contributed by atoms with Crippen molar-refractivity contribution in [2.24, 2.45) is 0 Å². The summed E-state index contributed by atoms with van der Waals surface area (Å²) < 4.78 is 0. The number of Topliss-reactive ketones (excluding diaryl/α,β-unsaturated/α-hetero) is 1. The number of phenolic OH excluding ortho intramolecular Hbond substituents is 1. The normalized spacial score (nSPS) is 10.3. The summed E-state index contributed by atoms with van der Waals surface area (Å²) in [5.74, 6) is -1.84. The van der Waals surface area contributed by atoms with Crippen molar-refractivity contribution in [1.29, 1.82) is 0 Å². The van der Waals surface area contributed by atoms with Crippen LogP contribution in [0.25, 0.3) is 0 Å². The van der Waals surface area contributed by atoms with Gasteiger partial charge in [-0.15, -0.1) is 0 Å². The van der Waals surface area contributed by atoms with Crippen LogP contribution in [0.2, 0.25) is 5.02 Å². The molecule has 0 aliphatic carbocycles. The van der Waals surface area contributed by atoms with E-state index in [1.54, 1.807) is 24.3 Å². The summed E-state index contributed by atoms with van der Waals surface area (Å²) in [5.41, 5.74) is 1.02. The number of aromatic hydroxyl groups is 1. The zero-order chi connectivity index (χ0) is 18.4. The van der Waals surface area contributed by atoms with E-state index in [-0.39, 0.29) is 36.5 Å². The standard InChI is InChI=1S/C18H16ClNO5/c19-13-4-2-12(3-5-13)15(21)7-8-17(23)20-14-9-11(10-18(24)25)1-6-16(14)22/h1-6,9,22H,7-8,10H2,(H,20,23)(H,24,25). The van der Waals surface area contributed by atoms with Crippen molar-refractivity contribution >= 4 is 34.9 Å². The van der Waals surface area contributed by atoms with E-state index in [1.807, 2.05) is 0 Å². The first-order chi connectivity index (χ1) is 11.8. The quantitative estimate of drug-likeness (QED) is 0.518. The van der Waals surface area contributed by atoms with E-state index in [0.29, 0.717) is 16.1 Å². The Bertz CT molecular complexity index is 802. The predicted octanol–water partition coefficient (Wildman–Crippen LogP) is 3.27. The second-order valence-electron chi connectivity index (χ2n) is 5.40. The Balaban J connectivity index is 1.94. The molecule has 0 saturated heterocycles. The molecule has 0 atom stereocenters. The van der Waals surface area contributed by atoms with Crippen molar-refractivity contribution in [3.05, 3.63) is 58.6 Å². The van der Waals surface area contributed by atoms with Crippen LogP contribution in [0.1, 0.15) is 28.8 Å². The minimum Gasteiger partial charge on any atom is -0.506 e. The number of carbonyl (C=O) groups excluding carboxylic acids is 2. The number of rotatable bonds is 7. The molecule has 0 aliphatic rings. The van der Waals surface area contributed by atoms with E-state index in [9.17, 15) is 19.5 Å². The second-order valence-corrected chi connectivity index (χ2v) is 5.84. The van der Waals surface area contributed by atoms with Crippen LogP contribution >= 0.6 is 11.6 Å². The number of carboxylic acid groups (broad SMARTS) is 1. The van der Waals surface area contributed by atoms with Crippen molar-refractivity contribution in [2.75, 3.05) is 5.32 Å². The molecule has 1 amide bonds. The lowest BCUT2D eigenvalue weighted by Gasteiger charge is -2.09. The number of benzene rings is 2. The number of ketones is 1. The van der Waals surface area contributed by atoms with Gasteiger partial charge in [0, 0.05) is 23.4 Å². The van der Waals surface area contributed by atoms with Crippen LogP contribution in [0.15, 0.2) is 42.5 Å². The molecule has 130 valence electrons. The molecule has 3 N–H and O–H groups in total. The number of aliphatic carboxylic acids is 1. The number of hydrogen-bond donors (Lipinski definition) is 3. The molecule has 2 rings (SSSR count). The van der Waals surface area contributed by atoms with Crippen LogP contribution < -0.4 is 5.32 Å². The minimum atomic E-state index is -1.02. The molecule has 0 spiro atoms. The maximum absolute atomic E-state index is 12.0. The summed E-state index contributed by atoms with van der Waals surface area (Å²) in [6, 6.07) is 10.5. The van der Waals surface area contributed by atoms with E-state index in [4.69, 9.17) is 16.7 Å². The first-order valence-corrected chi connectivity index (χ1v) is 7.85. The fourth-order valence-corrected chi connectivity index (χ4v) is 2.31. The average Bonchev–Trinajstić information content (AvgIpc) is 2.56. The molecule has 0 unspecified atom stereocenters. The Kier molecular flexibility index (Phi) is 6.14. The number of anilines is 1. The van der Waals surface area contributed by atoms with E-state index < -0.39 is 11.9 Å². The van der Waals surface area contributed by atoms with Gasteiger partial charge in [-0.25, -0.2) is 0 Å². The maximum atomic E-state index is 12.0. The fourth-order valence-electron chi connectivity index (χ4n) is 2.19. The molecule has 0 radical (unpaired) electrons. The van der Waals surface area contributed by atoms with Gasteiger partial charge >= 0.3 is 5.97 Å². The summed E-state index contributed by atoms with van der Waals surface area (Å²) >= 11 is 5.76. The number of phenols is 1. The Morgan fingerprint density at radius 1 is 1.00 bits per heavy atom. The molecule has 2 aromatic rings. The summed E-state index contributed by atoms with van der Waals surface area (Å²) in [6.07, 6.45) is -0.286. The van der Waals surface area contributed by atoms with Crippen LogP contribution in [-0.2, 0) is 16.0 Å². The predicted molar refractivity (Wildman–Crippen MR) is 93.1 cm³/mol. The molecule has 0 heterocycles. The van der Waals surface area contributed by atoms with Gasteiger partial charge in [0.25, 0.3) is 0 Å². The number of halogens is 1. The Hall–Kier alpha value is -2.86. The Labute approximate surface area is 149 Å². The monoisotopic (exact) mass is 361 g/mol. The summed E-state index contributed by atoms with van der Waals surface area (Å²) in [6.45, 7) is 0. The lowest BCUT2D eigenvalue weighted by molar-refractivity contribution is -0.136. The van der Waals surface area contributed by atoms with Gasteiger partial charge < -0.3 is 15.5 Å². The highest BCUT2D eigenvalue weighted by atomic mass is 35.5. The van der Waals surface area contributed by atoms with Crippen LogP contribution in [0.4, 0.5) is 5.69 Å². The van der Waals surface area contributed by atoms with Gasteiger partial charge in [0.2, 0.25) is 5.91 Å². The highest BCUT2D eigenvalue weighted by Gasteiger charge is 2.12. The number of hydrogen-bond acceptors (Lipinski definition) is 4. The molecule has 6 nitrogen and oxygen atoms in total. The van der Waals surface area contributed by atoms with Crippen molar-refractivity contribution in [3.8, 4) is 5.75 Å². The highest BCUT2D eigenvalue weighted by molar-refractivity contribution is 6.30. The third-order valence-corrected chi connectivity index (χ3v) is 3.69. The molecule has 0 bridgehead atoms. The van der Waals surface area contributed by atoms with Gasteiger partial charge in [0.15, 0.2) is 5.78 Å². The molecule has 0 aliphatic heterocycles. The lowest BCUT2D eigenvalue weighted by Crippen LogP contribution is -2.14. The van der Waals surface area contributed by atoms with Gasteiger partial charge in [0.05, 0.1) is 12.1 Å². The number of nitrogens with one attached hydrogen (secondary N) is 1. The lowest BCUT2D eigenvalue weighted by atomic mass is 10.1. The van der Waals surface area contributed by atoms with Crippen molar-refractivity contribution in [1.82, 2.24) is 0 Å². The topological polar surface area (TPSA) is 104 Å². The van der Waals surface area contributed by atoms with Gasteiger partial charge in [0.1, 0.15) is 5.75 Å². The van der Waals surface area contributed by atoms with Gasteiger partial charge in [-0.3, -0.25) is 14.4 Å². The van der Waals surface area contributed by atoms with E-state index in [0.717, 1.165) is 0 Å². The zero-order valence-corrected chi connectivity index (χ0v) is 13.9. The van der Waals surface area contributed by atoms with Crippen LogP contribution in [0.3, 0.4) is 0 Å². The van der Waals surface area contributed by atoms with E-state index >= 15 is 0 Å². The second kappa shape index (κ2) is 8.30. The Morgan fingerprint density at radius 3 is 2.32 bits per heavy atom. The molecule has 0 saturated carbocycles. The largest absolute Gasteiger partial charge is 0.506 e. The first-order valence-electron chi connectivity index (χ1n) is 7.47. The average molecular weight is 362 g/mol. The number of carbonyl (C=O) groups is 3. The Morgan fingerprint density at radius 2 is 1.68 bits per heavy atom. The highest BCUT2D eigenvalue weighted by Crippen LogP contribution is 2.25. The fraction of sp³-hybridized carbons (Fsp3) is 0.167. The number of amides is 1. The first kappa shape index (κ1) is 18.5. The van der Waals surface area contributed by atoms with Crippen LogP contribution in [0.5, 0.6) is 5.75 Å². The smallest absolute Gasteiger partial charge is 0.307 e. The molecule has 25 heavy (non-hydrogen) atoms. The maximum Gasteiger partial charge on any atom is 0.307 e. The molecular formula is C18H16ClNO5. The molecule has 0 fully saturated rings. The van der Waals surface area contributed by atoms with E-state index in [2.05, 4.69) is 5.32 Å². The molecular weight excluding hydrogens is 346 g/mol. The summed E-state index contributed by atoms with van der Waals surface area (Å²) in [4.78, 5) is 34.7. The molecule has 7 heteroatoms. The van der Waals surface area contributed by atoms with Crippen LogP contribution in [-0.4, -0.2) is 27.9 Å². The zero-order valence-electron chi connectivity index (χ0n) is 13.2. The SMILES string of the molecule is O=C(O)Cc1ccc(O)c(NC(=O)CCC(=O)c2ccc(Cl)cc2)c1. The van der Waals surface area contributed by atoms with Crippen molar-refractivity contribution in [3.63, 3.8) is 0 Å². The van der Waals surface area contributed by atoms with Gasteiger partial charge in [-0.2, -0.15) is 0 Å². The summed E-state index contributed by atoms with van der Waals surface area (Å²) in [7, 11) is 0. The van der Waals surface area contributed by atoms with Gasteiger partial charge in [-0.05, 0) is 42.0 Å². The van der Waals surface area contributed by atoms with E-state index in [1.165, 1.54) is 18.2 Å². The van der Waals surface area contributed by atoms with Crippen molar-refractivity contribution in [2.45, 2.75) is 19.3 Å². The third-order valence-electron chi connectivity index (χ3n) is 3.44. The third kappa shape index (κ3) is 5.61. The number of carboxylic acids is 1. The van der Waals surface area contributed by atoms with Crippen LogP contribution in [0, 0.1) is 0 Å². The minimum absolute atomic E-state index is 0.00302. The van der Waals surface area contributed by atoms with Crippen molar-refractivity contribution < 1.29 is 24.6 Å². The molecule has 0 aromatic heterocycles. The summed E-state index contributed by atoms with van der Waals surface area (Å²) in [5, 5.41) is 21.5. The molecule has 2 aromatic carbocycles. The van der Waals surface area contributed by atoms with Gasteiger partial charge in [-0.1, -0.05) is 17.7 Å².